The minimum absolute atomic E-state index is 0.00568. The first-order valence-corrected chi connectivity index (χ1v) is 7.73. The van der Waals surface area contributed by atoms with Gasteiger partial charge in [-0.05, 0) is 51.3 Å². The molecule has 1 aromatic heterocycles. The summed E-state index contributed by atoms with van der Waals surface area (Å²) in [6.07, 6.45) is 5.00. The molecule has 1 N–H and O–H groups in total. The average Bonchev–Trinajstić information content (AvgIpc) is 2.97. The summed E-state index contributed by atoms with van der Waals surface area (Å²) in [6, 6.07) is 4.51. The van der Waals surface area contributed by atoms with Crippen LogP contribution in [0.5, 0.6) is 0 Å². The summed E-state index contributed by atoms with van der Waals surface area (Å²) in [5.41, 5.74) is 0.00568. The summed E-state index contributed by atoms with van der Waals surface area (Å²) < 4.78 is 5.72. The van der Waals surface area contributed by atoms with Gasteiger partial charge < -0.3 is 9.73 Å². The molecule has 2 aliphatic rings. The minimum Gasteiger partial charge on any atom is -0.465 e. The predicted molar refractivity (Wildman–Crippen MR) is 77.3 cm³/mol. The van der Waals surface area contributed by atoms with E-state index in [9.17, 15) is 4.79 Å². The highest BCUT2D eigenvalue weighted by molar-refractivity contribution is 5.79. The van der Waals surface area contributed by atoms with Crippen LogP contribution in [-0.4, -0.2) is 28.9 Å². The first-order chi connectivity index (χ1) is 9.63. The van der Waals surface area contributed by atoms with Crippen LogP contribution in [0, 0.1) is 6.92 Å². The second-order valence-corrected chi connectivity index (χ2v) is 6.21. The van der Waals surface area contributed by atoms with Crippen molar-refractivity contribution in [3.8, 4) is 0 Å². The monoisotopic (exact) mass is 276 g/mol. The Balaban J connectivity index is 1.78. The van der Waals surface area contributed by atoms with Gasteiger partial charge in [0.25, 0.3) is 0 Å². The third-order valence-corrected chi connectivity index (χ3v) is 4.88. The van der Waals surface area contributed by atoms with Gasteiger partial charge in [-0.15, -0.1) is 0 Å². The summed E-state index contributed by atoms with van der Waals surface area (Å²) in [6.45, 7) is 6.15. The van der Waals surface area contributed by atoms with Gasteiger partial charge in [-0.25, -0.2) is 0 Å². The van der Waals surface area contributed by atoms with Crippen LogP contribution in [0.2, 0.25) is 0 Å². The molecule has 2 saturated heterocycles. The van der Waals surface area contributed by atoms with E-state index in [0.717, 1.165) is 50.3 Å². The number of carbonyl (C=O) groups excluding carboxylic acids is 1. The van der Waals surface area contributed by atoms with Crippen LogP contribution in [0.1, 0.15) is 50.5 Å². The second kappa shape index (κ2) is 5.24. The highest BCUT2D eigenvalue weighted by Crippen LogP contribution is 2.37. The van der Waals surface area contributed by atoms with Gasteiger partial charge in [-0.3, -0.25) is 9.69 Å². The molecule has 1 aromatic rings. The molecule has 2 atom stereocenters. The lowest BCUT2D eigenvalue weighted by molar-refractivity contribution is -0.120. The standard InChI is InChI=1S/C16H24N2O2/c1-3-14-16(9-7-15(19)17-16)8-4-10-18(14)11-13-6-5-12(2)20-13/h5-6,14H,3-4,7-11H2,1-2H3,(H,17,19)/t14-,16-/m0/s1. The van der Waals surface area contributed by atoms with Crippen molar-refractivity contribution in [1.82, 2.24) is 10.2 Å². The molecule has 0 saturated carbocycles. The van der Waals surface area contributed by atoms with Gasteiger partial charge in [0.05, 0.1) is 12.1 Å². The molecular weight excluding hydrogens is 252 g/mol. The molecule has 0 aliphatic carbocycles. The van der Waals surface area contributed by atoms with Gasteiger partial charge in [-0.2, -0.15) is 0 Å². The van der Waals surface area contributed by atoms with Gasteiger partial charge in [0.1, 0.15) is 11.5 Å². The predicted octanol–water partition coefficient (Wildman–Crippen LogP) is 2.61. The molecule has 0 radical (unpaired) electrons. The molecule has 2 aliphatic heterocycles. The number of nitrogens with one attached hydrogen (secondary N) is 1. The highest BCUT2D eigenvalue weighted by Gasteiger charge is 2.47. The van der Waals surface area contributed by atoms with Gasteiger partial charge in [-0.1, -0.05) is 6.92 Å². The summed E-state index contributed by atoms with van der Waals surface area (Å²) in [5.74, 6) is 2.22. The number of furan rings is 1. The van der Waals surface area contributed by atoms with Crippen LogP contribution in [0.4, 0.5) is 0 Å². The molecule has 0 bridgehead atoms. The van der Waals surface area contributed by atoms with Crippen LogP contribution in [0.3, 0.4) is 0 Å². The summed E-state index contributed by atoms with van der Waals surface area (Å²) in [4.78, 5) is 14.2. The fourth-order valence-electron chi connectivity index (χ4n) is 4.05. The van der Waals surface area contributed by atoms with E-state index in [1.54, 1.807) is 0 Å². The van der Waals surface area contributed by atoms with E-state index in [4.69, 9.17) is 4.42 Å². The Hall–Kier alpha value is -1.29. The number of amides is 1. The largest absolute Gasteiger partial charge is 0.465 e. The van der Waals surface area contributed by atoms with Crippen molar-refractivity contribution >= 4 is 5.91 Å². The zero-order valence-electron chi connectivity index (χ0n) is 12.4. The first kappa shape index (κ1) is 13.7. The molecule has 1 spiro atoms. The fourth-order valence-corrected chi connectivity index (χ4v) is 4.05. The van der Waals surface area contributed by atoms with Crippen molar-refractivity contribution in [3.63, 3.8) is 0 Å². The molecule has 3 rings (SSSR count). The highest BCUT2D eigenvalue weighted by atomic mass is 16.3. The van der Waals surface area contributed by atoms with E-state index in [1.807, 2.05) is 13.0 Å². The van der Waals surface area contributed by atoms with Gasteiger partial charge in [0, 0.05) is 12.5 Å². The lowest BCUT2D eigenvalue weighted by atomic mass is 9.78. The SMILES string of the molecule is CC[C@@H]1N(Cc2ccc(C)o2)CCC[C@]12CCC(=O)N2. The molecule has 1 amide bonds. The van der Waals surface area contributed by atoms with E-state index >= 15 is 0 Å². The Labute approximate surface area is 120 Å². The van der Waals surface area contributed by atoms with Crippen LogP contribution in [-0.2, 0) is 11.3 Å². The molecule has 0 unspecified atom stereocenters. The Kier molecular flexibility index (Phi) is 3.59. The van der Waals surface area contributed by atoms with E-state index in [0.29, 0.717) is 12.5 Å². The van der Waals surface area contributed by atoms with Gasteiger partial charge in [0.15, 0.2) is 0 Å². The van der Waals surface area contributed by atoms with Crippen LogP contribution in [0.25, 0.3) is 0 Å². The average molecular weight is 276 g/mol. The number of carbonyl (C=O) groups is 1. The summed E-state index contributed by atoms with van der Waals surface area (Å²) in [5, 5.41) is 3.28. The first-order valence-electron chi connectivity index (χ1n) is 7.73. The lowest BCUT2D eigenvalue weighted by Crippen LogP contribution is -2.61. The molecule has 4 nitrogen and oxygen atoms in total. The minimum atomic E-state index is 0.00568. The number of hydrogen-bond acceptors (Lipinski definition) is 3. The van der Waals surface area contributed by atoms with Gasteiger partial charge in [0.2, 0.25) is 5.91 Å². The summed E-state index contributed by atoms with van der Waals surface area (Å²) in [7, 11) is 0. The molecule has 110 valence electrons. The smallest absolute Gasteiger partial charge is 0.220 e. The maximum Gasteiger partial charge on any atom is 0.220 e. The van der Waals surface area contributed by atoms with Crippen LogP contribution in [0.15, 0.2) is 16.5 Å². The zero-order chi connectivity index (χ0) is 14.2. The lowest BCUT2D eigenvalue weighted by Gasteiger charge is -2.47. The Morgan fingerprint density at radius 1 is 1.45 bits per heavy atom. The maximum absolute atomic E-state index is 11.7. The number of likely N-dealkylation sites (tertiary alicyclic amines) is 1. The topological polar surface area (TPSA) is 45.5 Å². The van der Waals surface area contributed by atoms with E-state index in [2.05, 4.69) is 23.2 Å². The van der Waals surface area contributed by atoms with Crippen molar-refractivity contribution in [1.29, 1.82) is 0 Å². The Morgan fingerprint density at radius 2 is 2.30 bits per heavy atom. The maximum atomic E-state index is 11.7. The van der Waals surface area contributed by atoms with Gasteiger partial charge >= 0.3 is 0 Å². The van der Waals surface area contributed by atoms with Crippen molar-refractivity contribution in [3.05, 3.63) is 23.7 Å². The van der Waals surface area contributed by atoms with E-state index < -0.39 is 0 Å². The second-order valence-electron chi connectivity index (χ2n) is 6.21. The molecule has 3 heterocycles. The normalized spacial score (nSPS) is 30.9. The third kappa shape index (κ3) is 2.37. The number of rotatable bonds is 3. The number of nitrogens with zero attached hydrogens (tertiary/aromatic N) is 1. The molecule has 4 heteroatoms. The number of aryl methyl sites for hydroxylation is 1. The van der Waals surface area contributed by atoms with Crippen molar-refractivity contribution in [2.24, 2.45) is 0 Å². The zero-order valence-corrected chi connectivity index (χ0v) is 12.4. The van der Waals surface area contributed by atoms with Crippen LogP contribution < -0.4 is 5.32 Å². The Bertz CT molecular complexity index is 496. The quantitative estimate of drug-likeness (QED) is 0.923. The third-order valence-electron chi connectivity index (χ3n) is 4.88. The number of piperidine rings is 1. The molecule has 20 heavy (non-hydrogen) atoms. The van der Waals surface area contributed by atoms with E-state index in [-0.39, 0.29) is 11.4 Å². The molecular formula is C16H24N2O2. The fraction of sp³-hybridized carbons (Fsp3) is 0.688. The van der Waals surface area contributed by atoms with E-state index in [1.165, 1.54) is 0 Å². The Morgan fingerprint density at radius 3 is 2.90 bits per heavy atom. The number of hydrogen-bond donors (Lipinski definition) is 1. The van der Waals surface area contributed by atoms with Crippen LogP contribution >= 0.6 is 0 Å². The van der Waals surface area contributed by atoms with Crippen molar-refractivity contribution < 1.29 is 9.21 Å². The van der Waals surface area contributed by atoms with Crippen molar-refractivity contribution in [2.75, 3.05) is 6.54 Å². The van der Waals surface area contributed by atoms with Crippen molar-refractivity contribution in [2.45, 2.75) is 64.1 Å². The molecule has 2 fully saturated rings. The summed E-state index contributed by atoms with van der Waals surface area (Å²) >= 11 is 0. The molecule has 0 aromatic carbocycles.